The second kappa shape index (κ2) is 9.53. The minimum Gasteiger partial charge on any atom is -0.492 e. The lowest BCUT2D eigenvalue weighted by Crippen LogP contribution is -2.50. The van der Waals surface area contributed by atoms with E-state index in [0.717, 1.165) is 0 Å². The Bertz CT molecular complexity index is 950. The monoisotopic (exact) mass is 497 g/mol. The highest BCUT2D eigenvalue weighted by Crippen LogP contribution is 2.46. The molecular formula is C25H33ClFNO6. The fraction of sp³-hybridized carbons (Fsp3) is 0.680. The maximum absolute atomic E-state index is 15.5. The van der Waals surface area contributed by atoms with Crippen molar-refractivity contribution in [2.75, 3.05) is 39.5 Å². The van der Waals surface area contributed by atoms with E-state index in [1.54, 1.807) is 17.9 Å². The van der Waals surface area contributed by atoms with Crippen LogP contribution in [-0.4, -0.2) is 62.1 Å². The zero-order chi connectivity index (χ0) is 24.7. The van der Waals surface area contributed by atoms with E-state index in [4.69, 9.17) is 30.5 Å². The van der Waals surface area contributed by atoms with Crippen LogP contribution >= 0.6 is 11.6 Å². The van der Waals surface area contributed by atoms with Crippen LogP contribution in [0.25, 0.3) is 0 Å². The minimum atomic E-state index is -0.750. The number of carbonyl (C=O) groups excluding carboxylic acids is 2. The van der Waals surface area contributed by atoms with Crippen molar-refractivity contribution in [3.8, 4) is 5.75 Å². The topological polar surface area (TPSA) is 74.3 Å². The maximum atomic E-state index is 15.5. The number of rotatable bonds is 4. The van der Waals surface area contributed by atoms with Crippen LogP contribution in [0.3, 0.4) is 0 Å². The van der Waals surface area contributed by atoms with Gasteiger partial charge in [0.05, 0.1) is 42.8 Å². The van der Waals surface area contributed by atoms with Gasteiger partial charge in [0.1, 0.15) is 17.2 Å². The van der Waals surface area contributed by atoms with Crippen LogP contribution < -0.4 is 4.74 Å². The molecule has 1 spiro atoms. The number of fused-ring (bicyclic) bond motifs is 1. The van der Waals surface area contributed by atoms with Crippen molar-refractivity contribution in [3.63, 3.8) is 0 Å². The van der Waals surface area contributed by atoms with Crippen molar-refractivity contribution in [2.45, 2.75) is 58.5 Å². The fourth-order valence-electron chi connectivity index (χ4n) is 4.96. The smallest absolute Gasteiger partial charge is 0.410 e. The van der Waals surface area contributed by atoms with Crippen LogP contribution in [0.2, 0.25) is 5.02 Å². The first-order valence-electron chi connectivity index (χ1n) is 11.9. The van der Waals surface area contributed by atoms with Gasteiger partial charge in [-0.3, -0.25) is 4.79 Å². The Morgan fingerprint density at radius 2 is 1.94 bits per heavy atom. The van der Waals surface area contributed by atoms with Gasteiger partial charge in [0.2, 0.25) is 0 Å². The van der Waals surface area contributed by atoms with Crippen molar-refractivity contribution in [2.24, 2.45) is 11.3 Å². The van der Waals surface area contributed by atoms with Gasteiger partial charge in [-0.1, -0.05) is 11.6 Å². The molecule has 1 amide bonds. The summed E-state index contributed by atoms with van der Waals surface area (Å²) >= 11 is 6.54. The van der Waals surface area contributed by atoms with Crippen molar-refractivity contribution < 1.29 is 32.9 Å². The molecule has 9 heteroatoms. The predicted octanol–water partition coefficient (Wildman–Crippen LogP) is 4.72. The molecule has 0 saturated carbocycles. The number of hydrogen-bond acceptors (Lipinski definition) is 6. The Morgan fingerprint density at radius 3 is 2.50 bits per heavy atom. The lowest BCUT2D eigenvalue weighted by molar-refractivity contribution is -0.146. The molecule has 2 fully saturated rings. The van der Waals surface area contributed by atoms with E-state index in [1.807, 2.05) is 20.8 Å². The maximum Gasteiger partial charge on any atom is 0.410 e. The van der Waals surface area contributed by atoms with Gasteiger partial charge in [0, 0.05) is 18.7 Å². The van der Waals surface area contributed by atoms with Crippen LogP contribution in [-0.2, 0) is 25.4 Å². The summed E-state index contributed by atoms with van der Waals surface area (Å²) in [4.78, 5) is 27.2. The van der Waals surface area contributed by atoms with Gasteiger partial charge >= 0.3 is 12.1 Å². The molecule has 1 aromatic carbocycles. The molecule has 3 aliphatic rings. The number of amides is 1. The molecule has 0 radical (unpaired) electrons. The molecule has 4 rings (SSSR count). The summed E-state index contributed by atoms with van der Waals surface area (Å²) in [5.41, 5.74) is 0.0339. The lowest BCUT2D eigenvalue weighted by atomic mass is 9.76. The van der Waals surface area contributed by atoms with Gasteiger partial charge < -0.3 is 23.8 Å². The van der Waals surface area contributed by atoms with Crippen LogP contribution in [0, 0.1) is 17.2 Å². The van der Waals surface area contributed by atoms with Gasteiger partial charge in [-0.2, -0.15) is 0 Å². The highest BCUT2D eigenvalue weighted by atomic mass is 35.5. The average Bonchev–Trinajstić information content (AvgIpc) is 2.75. The number of carbonyl (C=O) groups is 2. The number of piperidine rings is 1. The number of nitrogens with zero attached hydrogens (tertiary/aromatic N) is 1. The second-order valence-electron chi connectivity index (χ2n) is 10.6. The van der Waals surface area contributed by atoms with E-state index < -0.39 is 23.3 Å². The summed E-state index contributed by atoms with van der Waals surface area (Å²) in [6, 6.07) is 1.70. The van der Waals surface area contributed by atoms with Gasteiger partial charge in [0.25, 0.3) is 0 Å². The first-order chi connectivity index (χ1) is 16.0. The Labute approximate surface area is 204 Å². The lowest BCUT2D eigenvalue weighted by Gasteiger charge is -2.44. The first kappa shape index (κ1) is 25.0. The summed E-state index contributed by atoms with van der Waals surface area (Å²) in [6.07, 6.45) is 1.20. The second-order valence-corrected chi connectivity index (χ2v) is 10.9. The number of hydrogen-bond donors (Lipinski definition) is 0. The molecule has 34 heavy (non-hydrogen) atoms. The van der Waals surface area contributed by atoms with Gasteiger partial charge in [-0.15, -0.1) is 0 Å². The van der Waals surface area contributed by atoms with Crippen LogP contribution in [0.1, 0.15) is 57.6 Å². The Kier molecular flexibility index (Phi) is 7.02. The van der Waals surface area contributed by atoms with Crippen molar-refractivity contribution in [1.82, 2.24) is 4.90 Å². The molecule has 7 nitrogen and oxygen atoms in total. The number of likely N-dealkylation sites (tertiary alicyclic amines) is 1. The van der Waals surface area contributed by atoms with E-state index in [-0.39, 0.29) is 29.1 Å². The number of ether oxygens (including phenoxy) is 4. The SMILES string of the molecule is CCOC(=O)C(c1cc2c(c(F)c1Cl)CC1(COC1)CO2)C1CCN(C(=O)OC(C)(C)C)CC1. The largest absolute Gasteiger partial charge is 0.492 e. The summed E-state index contributed by atoms with van der Waals surface area (Å²) < 4.78 is 37.6. The molecule has 2 saturated heterocycles. The Hall–Kier alpha value is -2.06. The van der Waals surface area contributed by atoms with Gasteiger partial charge in [-0.25, -0.2) is 9.18 Å². The molecule has 0 aromatic heterocycles. The number of esters is 1. The third-order valence-corrected chi connectivity index (χ3v) is 7.12. The molecule has 1 atom stereocenters. The van der Waals surface area contributed by atoms with Gasteiger partial charge in [-0.05, 0) is 64.5 Å². The quantitative estimate of drug-likeness (QED) is 0.560. The van der Waals surface area contributed by atoms with E-state index in [9.17, 15) is 9.59 Å². The first-order valence-corrected chi connectivity index (χ1v) is 12.3. The van der Waals surface area contributed by atoms with Gasteiger partial charge in [0.15, 0.2) is 0 Å². The van der Waals surface area contributed by atoms with E-state index >= 15 is 4.39 Å². The minimum absolute atomic E-state index is 0.0627. The zero-order valence-electron chi connectivity index (χ0n) is 20.2. The highest BCUT2D eigenvalue weighted by Gasteiger charge is 2.45. The average molecular weight is 498 g/mol. The predicted molar refractivity (Wildman–Crippen MR) is 124 cm³/mol. The molecule has 0 aliphatic carbocycles. The summed E-state index contributed by atoms with van der Waals surface area (Å²) in [7, 11) is 0. The molecule has 1 aromatic rings. The summed E-state index contributed by atoms with van der Waals surface area (Å²) in [5, 5.41) is -0.0627. The third-order valence-electron chi connectivity index (χ3n) is 6.74. The molecule has 188 valence electrons. The number of halogens is 2. The van der Waals surface area contributed by atoms with Crippen molar-refractivity contribution in [1.29, 1.82) is 0 Å². The van der Waals surface area contributed by atoms with Crippen LogP contribution in [0.4, 0.5) is 9.18 Å². The number of benzene rings is 1. The fourth-order valence-corrected chi connectivity index (χ4v) is 5.25. The van der Waals surface area contributed by atoms with Crippen LogP contribution in [0.5, 0.6) is 5.75 Å². The summed E-state index contributed by atoms with van der Waals surface area (Å²) in [5.74, 6) is -1.48. The molecule has 3 heterocycles. The highest BCUT2D eigenvalue weighted by molar-refractivity contribution is 6.32. The van der Waals surface area contributed by atoms with E-state index in [1.165, 1.54) is 0 Å². The third kappa shape index (κ3) is 4.98. The van der Waals surface area contributed by atoms with E-state index in [2.05, 4.69) is 0 Å². The normalized spacial score (nSPS) is 20.7. The summed E-state index contributed by atoms with van der Waals surface area (Å²) in [6.45, 7) is 9.78. The molecule has 1 unspecified atom stereocenters. The van der Waals surface area contributed by atoms with Crippen LogP contribution in [0.15, 0.2) is 6.07 Å². The zero-order valence-corrected chi connectivity index (χ0v) is 21.0. The molecule has 0 bridgehead atoms. The van der Waals surface area contributed by atoms with Crippen molar-refractivity contribution in [3.05, 3.63) is 28.0 Å². The Morgan fingerprint density at radius 1 is 1.26 bits per heavy atom. The standard InChI is InChI=1S/C25H33ClFNO6/c1-5-32-22(29)19(15-6-8-28(9-7-15)23(30)34-24(2,3)4)16-10-18-17(21(27)20(16)26)11-25(14-33-18)12-31-13-25/h10,15,19H,5-9,11-14H2,1-4H3. The van der Waals surface area contributed by atoms with E-state index in [0.29, 0.717) is 69.0 Å². The molecule has 0 N–H and O–H groups in total. The Balaban J connectivity index is 1.57. The molecular weight excluding hydrogens is 465 g/mol. The van der Waals surface area contributed by atoms with Crippen molar-refractivity contribution >= 4 is 23.7 Å². The molecule has 3 aliphatic heterocycles.